The van der Waals surface area contributed by atoms with Gasteiger partial charge in [0.25, 0.3) is 0 Å². The van der Waals surface area contributed by atoms with Gasteiger partial charge in [-0.05, 0) is 25.1 Å². The van der Waals surface area contributed by atoms with Crippen LogP contribution < -0.4 is 0 Å². The van der Waals surface area contributed by atoms with E-state index >= 15 is 0 Å². The van der Waals surface area contributed by atoms with Crippen LogP contribution in [0.3, 0.4) is 0 Å². The van der Waals surface area contributed by atoms with Gasteiger partial charge in [0, 0.05) is 18.1 Å². The Morgan fingerprint density at radius 1 is 1.46 bits per heavy atom. The summed E-state index contributed by atoms with van der Waals surface area (Å²) in [5.74, 6) is 0. The van der Waals surface area contributed by atoms with Crippen molar-refractivity contribution in [2.75, 3.05) is 0 Å². The highest BCUT2D eigenvalue weighted by Gasteiger charge is 2.03. The average Bonchev–Trinajstić information content (AvgIpc) is 2.43. The fourth-order valence-electron chi connectivity index (χ4n) is 1.39. The minimum atomic E-state index is 0.466. The zero-order valence-corrected chi connectivity index (χ0v) is 7.57. The van der Waals surface area contributed by atoms with Crippen molar-refractivity contribution >= 4 is 11.0 Å². The molecule has 0 radical (unpaired) electrons. The molecule has 13 heavy (non-hydrogen) atoms. The fraction of sp³-hybridized carbons (Fsp3) is 0.200. The van der Waals surface area contributed by atoms with Gasteiger partial charge in [-0.1, -0.05) is 0 Å². The Labute approximate surface area is 76.2 Å². The Morgan fingerprint density at radius 3 is 2.92 bits per heavy atom. The van der Waals surface area contributed by atoms with E-state index in [2.05, 4.69) is 11.1 Å². The summed E-state index contributed by atoms with van der Waals surface area (Å²) in [6.45, 7) is 2.02. The molecule has 0 amide bonds. The summed E-state index contributed by atoms with van der Waals surface area (Å²) in [5, 5.41) is 9.76. The van der Waals surface area contributed by atoms with Gasteiger partial charge in [0.15, 0.2) is 0 Å². The van der Waals surface area contributed by atoms with E-state index in [0.717, 1.165) is 16.7 Å². The van der Waals surface area contributed by atoms with Crippen LogP contribution in [0.1, 0.15) is 11.4 Å². The summed E-state index contributed by atoms with van der Waals surface area (Å²) in [6, 6.07) is 7.75. The third-order valence-corrected chi connectivity index (χ3v) is 2.23. The summed E-state index contributed by atoms with van der Waals surface area (Å²) in [6.07, 6.45) is 0. The second-order valence-electron chi connectivity index (χ2n) is 3.07. The predicted molar refractivity (Wildman–Crippen MR) is 50.2 cm³/mol. The van der Waals surface area contributed by atoms with Crippen LogP contribution in [0, 0.1) is 18.3 Å². The molecule has 0 saturated heterocycles. The summed E-state index contributed by atoms with van der Waals surface area (Å²) < 4.78 is 1.98. The number of pyridine rings is 1. The number of nitrogens with zero attached hydrogens (tertiary/aromatic N) is 3. The molecule has 2 aromatic rings. The standard InChI is InChI=1S/C10H9N3/c1-7-5-8-3-4-9(6-11)12-10(8)13(7)2/h3-5H,1-2H3. The third kappa shape index (κ3) is 1.07. The molecule has 64 valence electrons. The maximum Gasteiger partial charge on any atom is 0.142 e. The Morgan fingerprint density at radius 2 is 2.23 bits per heavy atom. The van der Waals surface area contributed by atoms with Crippen LogP contribution in [0.15, 0.2) is 18.2 Å². The Balaban J connectivity index is 2.84. The molecular weight excluding hydrogens is 162 g/mol. The summed E-state index contributed by atoms with van der Waals surface area (Å²) in [5.41, 5.74) is 2.49. The van der Waals surface area contributed by atoms with E-state index in [0.29, 0.717) is 5.69 Å². The molecule has 0 aliphatic heterocycles. The van der Waals surface area contributed by atoms with Gasteiger partial charge in [0.05, 0.1) is 0 Å². The van der Waals surface area contributed by atoms with Crippen molar-refractivity contribution in [1.29, 1.82) is 5.26 Å². The molecule has 0 atom stereocenters. The van der Waals surface area contributed by atoms with Crippen molar-refractivity contribution in [2.24, 2.45) is 7.05 Å². The normalized spacial score (nSPS) is 10.2. The zero-order chi connectivity index (χ0) is 9.42. The van der Waals surface area contributed by atoms with E-state index in [1.807, 2.05) is 30.7 Å². The predicted octanol–water partition coefficient (Wildman–Crippen LogP) is 1.75. The molecule has 0 saturated carbocycles. The van der Waals surface area contributed by atoms with E-state index in [1.165, 1.54) is 0 Å². The lowest BCUT2D eigenvalue weighted by molar-refractivity contribution is 0.901. The number of hydrogen-bond donors (Lipinski definition) is 0. The number of nitriles is 1. The zero-order valence-electron chi connectivity index (χ0n) is 7.57. The van der Waals surface area contributed by atoms with Crippen molar-refractivity contribution in [1.82, 2.24) is 9.55 Å². The molecule has 3 heteroatoms. The second kappa shape index (κ2) is 2.60. The highest BCUT2D eigenvalue weighted by atomic mass is 15.0. The number of hydrogen-bond acceptors (Lipinski definition) is 2. The fourth-order valence-corrected chi connectivity index (χ4v) is 1.39. The van der Waals surface area contributed by atoms with Crippen LogP contribution in [0.4, 0.5) is 0 Å². The van der Waals surface area contributed by atoms with E-state index in [9.17, 15) is 0 Å². The molecule has 0 unspecified atom stereocenters. The maximum absolute atomic E-state index is 8.67. The Hall–Kier alpha value is -1.82. The van der Waals surface area contributed by atoms with Crippen LogP contribution in [0.5, 0.6) is 0 Å². The maximum atomic E-state index is 8.67. The molecule has 2 heterocycles. The Kier molecular flexibility index (Phi) is 1.56. The monoisotopic (exact) mass is 171 g/mol. The number of rotatable bonds is 0. The average molecular weight is 171 g/mol. The third-order valence-electron chi connectivity index (χ3n) is 2.23. The van der Waals surface area contributed by atoms with E-state index < -0.39 is 0 Å². The van der Waals surface area contributed by atoms with Crippen LogP contribution >= 0.6 is 0 Å². The van der Waals surface area contributed by atoms with Crippen molar-refractivity contribution in [3.63, 3.8) is 0 Å². The van der Waals surface area contributed by atoms with Crippen LogP contribution in [0.25, 0.3) is 11.0 Å². The molecule has 0 aliphatic carbocycles. The first-order chi connectivity index (χ1) is 6.22. The van der Waals surface area contributed by atoms with Gasteiger partial charge >= 0.3 is 0 Å². The summed E-state index contributed by atoms with van der Waals surface area (Å²) >= 11 is 0. The lowest BCUT2D eigenvalue weighted by Crippen LogP contribution is -1.93. The number of aromatic nitrogens is 2. The van der Waals surface area contributed by atoms with E-state index in [1.54, 1.807) is 6.07 Å². The molecule has 0 spiro atoms. The molecule has 0 bridgehead atoms. The van der Waals surface area contributed by atoms with Crippen LogP contribution in [0.2, 0.25) is 0 Å². The van der Waals surface area contributed by atoms with Crippen molar-refractivity contribution < 1.29 is 0 Å². The Bertz CT molecular complexity index is 503. The molecule has 0 aromatic carbocycles. The topological polar surface area (TPSA) is 41.6 Å². The lowest BCUT2D eigenvalue weighted by atomic mass is 10.3. The minimum Gasteiger partial charge on any atom is -0.333 e. The molecule has 2 aromatic heterocycles. The summed E-state index contributed by atoms with van der Waals surface area (Å²) in [7, 11) is 1.95. The van der Waals surface area contributed by atoms with Crippen molar-refractivity contribution in [2.45, 2.75) is 6.92 Å². The van der Waals surface area contributed by atoms with Crippen molar-refractivity contribution in [3.8, 4) is 6.07 Å². The molecule has 0 aliphatic rings. The van der Waals surface area contributed by atoms with Gasteiger partial charge in [-0.3, -0.25) is 0 Å². The van der Waals surface area contributed by atoms with Crippen LogP contribution in [-0.2, 0) is 7.05 Å². The largest absolute Gasteiger partial charge is 0.333 e. The van der Waals surface area contributed by atoms with E-state index in [4.69, 9.17) is 5.26 Å². The van der Waals surface area contributed by atoms with Gasteiger partial charge in [-0.2, -0.15) is 5.26 Å². The lowest BCUT2D eigenvalue weighted by Gasteiger charge is -1.96. The smallest absolute Gasteiger partial charge is 0.142 e. The molecule has 0 fully saturated rings. The highest BCUT2D eigenvalue weighted by Crippen LogP contribution is 2.15. The van der Waals surface area contributed by atoms with Gasteiger partial charge in [-0.25, -0.2) is 4.98 Å². The first kappa shape index (κ1) is 7.81. The number of fused-ring (bicyclic) bond motifs is 1. The quantitative estimate of drug-likeness (QED) is 0.606. The first-order valence-electron chi connectivity index (χ1n) is 4.05. The molecular formula is C10H9N3. The van der Waals surface area contributed by atoms with Crippen LogP contribution in [-0.4, -0.2) is 9.55 Å². The second-order valence-corrected chi connectivity index (χ2v) is 3.07. The highest BCUT2D eigenvalue weighted by molar-refractivity contribution is 5.77. The number of aryl methyl sites for hydroxylation is 2. The van der Waals surface area contributed by atoms with E-state index in [-0.39, 0.29) is 0 Å². The SMILES string of the molecule is Cc1cc2ccc(C#N)nc2n1C. The van der Waals surface area contributed by atoms with Gasteiger partial charge in [0.1, 0.15) is 17.4 Å². The summed E-state index contributed by atoms with van der Waals surface area (Å²) in [4.78, 5) is 4.22. The molecule has 0 N–H and O–H groups in total. The molecule has 2 rings (SSSR count). The first-order valence-corrected chi connectivity index (χ1v) is 4.05. The minimum absolute atomic E-state index is 0.466. The van der Waals surface area contributed by atoms with Gasteiger partial charge < -0.3 is 4.57 Å². The molecule has 3 nitrogen and oxygen atoms in total. The van der Waals surface area contributed by atoms with Crippen molar-refractivity contribution in [3.05, 3.63) is 29.6 Å². The van der Waals surface area contributed by atoms with Gasteiger partial charge in [-0.15, -0.1) is 0 Å². The van der Waals surface area contributed by atoms with Gasteiger partial charge in [0.2, 0.25) is 0 Å².